The molecular weight excluding hydrogens is 276 g/mol. The predicted octanol–water partition coefficient (Wildman–Crippen LogP) is 2.66. The number of thiocarbonyl (C=S) groups is 1. The van der Waals surface area contributed by atoms with Crippen molar-refractivity contribution in [3.63, 3.8) is 0 Å². The zero-order valence-corrected chi connectivity index (χ0v) is 13.0. The lowest BCUT2D eigenvalue weighted by Crippen LogP contribution is -2.30. The van der Waals surface area contributed by atoms with Gasteiger partial charge in [-0.3, -0.25) is 0 Å². The van der Waals surface area contributed by atoms with Gasteiger partial charge in [-0.25, -0.2) is 0 Å². The van der Waals surface area contributed by atoms with E-state index in [1.165, 1.54) is 0 Å². The lowest BCUT2D eigenvalue weighted by Gasteiger charge is -2.26. The molecule has 1 aromatic rings. The van der Waals surface area contributed by atoms with Crippen LogP contribution in [0.2, 0.25) is 0 Å². The molecule has 1 aliphatic heterocycles. The van der Waals surface area contributed by atoms with Crippen molar-refractivity contribution in [2.24, 2.45) is 5.73 Å². The summed E-state index contributed by atoms with van der Waals surface area (Å²) in [5, 5.41) is 0. The van der Waals surface area contributed by atoms with E-state index in [0.717, 1.165) is 42.1 Å². The average Bonchev–Trinajstić information content (AvgIpc) is 2.90. The summed E-state index contributed by atoms with van der Waals surface area (Å²) in [6, 6.07) is 6.18. The number of anilines is 1. The Labute approximate surface area is 124 Å². The molecule has 1 aromatic carbocycles. The van der Waals surface area contributed by atoms with Gasteiger partial charge in [-0.2, -0.15) is 0 Å². The van der Waals surface area contributed by atoms with Crippen molar-refractivity contribution in [2.45, 2.75) is 23.8 Å². The molecule has 1 fully saturated rings. The molecule has 2 rings (SSSR count). The fourth-order valence-electron chi connectivity index (χ4n) is 2.45. The van der Waals surface area contributed by atoms with Crippen molar-refractivity contribution in [1.82, 2.24) is 0 Å². The van der Waals surface area contributed by atoms with Crippen molar-refractivity contribution in [2.75, 3.05) is 31.4 Å². The number of hydrogen-bond acceptors (Lipinski definition) is 4. The summed E-state index contributed by atoms with van der Waals surface area (Å²) in [5.74, 6) is 0. The molecule has 0 saturated carbocycles. The molecule has 0 aromatic heterocycles. The number of ether oxygens (including phenoxy) is 1. The molecule has 3 nitrogen and oxygen atoms in total. The third-order valence-corrected chi connectivity index (χ3v) is 4.37. The van der Waals surface area contributed by atoms with Crippen LogP contribution < -0.4 is 10.6 Å². The van der Waals surface area contributed by atoms with Gasteiger partial charge in [-0.15, -0.1) is 11.8 Å². The predicted molar refractivity (Wildman–Crippen MR) is 86.4 cm³/mol. The van der Waals surface area contributed by atoms with Crippen LogP contribution in [0.15, 0.2) is 23.1 Å². The number of benzene rings is 1. The summed E-state index contributed by atoms with van der Waals surface area (Å²) in [5.41, 5.74) is 7.97. The minimum absolute atomic E-state index is 0.321. The summed E-state index contributed by atoms with van der Waals surface area (Å²) in [6.07, 6.45) is 4.66. The largest absolute Gasteiger partial charge is 0.389 e. The van der Waals surface area contributed by atoms with E-state index in [1.54, 1.807) is 11.8 Å². The molecule has 0 spiro atoms. The SMILES string of the molecule is CSc1cccc(N(C)CC2CCCO2)c1C(N)=S. The molecule has 1 saturated heterocycles. The van der Waals surface area contributed by atoms with Crippen LogP contribution in [0.1, 0.15) is 18.4 Å². The molecule has 104 valence electrons. The summed E-state index contributed by atoms with van der Waals surface area (Å²) in [4.78, 5) is 3.79. The molecule has 0 radical (unpaired) electrons. The second kappa shape index (κ2) is 6.59. The van der Waals surface area contributed by atoms with Gasteiger partial charge in [0.1, 0.15) is 4.99 Å². The molecule has 5 heteroatoms. The fourth-order valence-corrected chi connectivity index (χ4v) is 3.36. The molecular formula is C14H20N2OS2. The third kappa shape index (κ3) is 3.41. The first-order valence-electron chi connectivity index (χ1n) is 6.43. The summed E-state index contributed by atoms with van der Waals surface area (Å²) < 4.78 is 5.69. The Bertz CT molecular complexity index is 459. The number of nitrogens with two attached hydrogens (primary N) is 1. The number of hydrogen-bond donors (Lipinski definition) is 1. The topological polar surface area (TPSA) is 38.5 Å². The van der Waals surface area contributed by atoms with Gasteiger partial charge < -0.3 is 15.4 Å². The highest BCUT2D eigenvalue weighted by Crippen LogP contribution is 2.29. The maximum atomic E-state index is 5.90. The van der Waals surface area contributed by atoms with E-state index >= 15 is 0 Å². The Balaban J connectivity index is 2.24. The zero-order chi connectivity index (χ0) is 13.8. The van der Waals surface area contributed by atoms with Gasteiger partial charge in [0.15, 0.2) is 0 Å². The van der Waals surface area contributed by atoms with E-state index in [4.69, 9.17) is 22.7 Å². The van der Waals surface area contributed by atoms with Crippen LogP contribution in [0.5, 0.6) is 0 Å². The van der Waals surface area contributed by atoms with E-state index in [9.17, 15) is 0 Å². The Morgan fingerprint density at radius 3 is 2.95 bits per heavy atom. The first kappa shape index (κ1) is 14.6. The van der Waals surface area contributed by atoms with Crippen molar-refractivity contribution in [1.29, 1.82) is 0 Å². The summed E-state index contributed by atoms with van der Waals surface area (Å²) >= 11 is 6.88. The fraction of sp³-hybridized carbons (Fsp3) is 0.500. The molecule has 2 N–H and O–H groups in total. The van der Waals surface area contributed by atoms with Crippen LogP contribution in [0.4, 0.5) is 5.69 Å². The molecule has 19 heavy (non-hydrogen) atoms. The van der Waals surface area contributed by atoms with Crippen molar-refractivity contribution >= 4 is 34.7 Å². The van der Waals surface area contributed by atoms with Crippen molar-refractivity contribution in [3.8, 4) is 0 Å². The third-order valence-electron chi connectivity index (χ3n) is 3.38. The number of nitrogens with zero attached hydrogens (tertiary/aromatic N) is 1. The highest BCUT2D eigenvalue weighted by Gasteiger charge is 2.20. The lowest BCUT2D eigenvalue weighted by atomic mass is 10.1. The first-order chi connectivity index (χ1) is 9.13. The monoisotopic (exact) mass is 296 g/mol. The van der Waals surface area contributed by atoms with Crippen LogP contribution in [-0.4, -0.2) is 37.5 Å². The zero-order valence-electron chi connectivity index (χ0n) is 11.4. The van der Waals surface area contributed by atoms with E-state index in [-0.39, 0.29) is 0 Å². The quantitative estimate of drug-likeness (QED) is 0.668. The highest BCUT2D eigenvalue weighted by atomic mass is 32.2. The van der Waals surface area contributed by atoms with E-state index in [1.807, 2.05) is 6.26 Å². The summed E-state index contributed by atoms with van der Waals surface area (Å²) in [7, 11) is 2.07. The Kier molecular flexibility index (Phi) is 5.07. The van der Waals surface area contributed by atoms with E-state index in [0.29, 0.717) is 11.1 Å². The minimum Gasteiger partial charge on any atom is -0.389 e. The molecule has 1 unspecified atom stereocenters. The number of rotatable bonds is 5. The summed E-state index contributed by atoms with van der Waals surface area (Å²) in [6.45, 7) is 1.76. The first-order valence-corrected chi connectivity index (χ1v) is 8.06. The molecule has 0 bridgehead atoms. The van der Waals surface area contributed by atoms with E-state index < -0.39 is 0 Å². The second-order valence-corrected chi connectivity index (χ2v) is 6.02. The highest BCUT2D eigenvalue weighted by molar-refractivity contribution is 7.98. The van der Waals surface area contributed by atoms with Gasteiger partial charge in [0.05, 0.1) is 6.10 Å². The van der Waals surface area contributed by atoms with Crippen LogP contribution >= 0.6 is 24.0 Å². The molecule has 1 aliphatic rings. The van der Waals surface area contributed by atoms with Crippen LogP contribution in [0.25, 0.3) is 0 Å². The number of likely N-dealkylation sites (N-methyl/N-ethyl adjacent to an activating group) is 1. The Morgan fingerprint density at radius 1 is 1.58 bits per heavy atom. The van der Waals surface area contributed by atoms with Gasteiger partial charge in [0, 0.05) is 36.3 Å². The molecule has 1 heterocycles. The van der Waals surface area contributed by atoms with Gasteiger partial charge in [0.25, 0.3) is 0 Å². The minimum atomic E-state index is 0.321. The van der Waals surface area contributed by atoms with Gasteiger partial charge in [-0.1, -0.05) is 18.3 Å². The molecule has 0 amide bonds. The maximum Gasteiger partial charge on any atom is 0.107 e. The average molecular weight is 296 g/mol. The smallest absolute Gasteiger partial charge is 0.107 e. The van der Waals surface area contributed by atoms with Crippen LogP contribution in [0, 0.1) is 0 Å². The van der Waals surface area contributed by atoms with Crippen LogP contribution in [0.3, 0.4) is 0 Å². The molecule has 1 atom stereocenters. The standard InChI is InChI=1S/C14H20N2OS2/c1-16(9-10-5-4-8-17-10)11-6-3-7-12(19-2)13(11)14(15)18/h3,6-7,10H,4-5,8-9H2,1-2H3,(H2,15,18). The Morgan fingerprint density at radius 2 is 2.37 bits per heavy atom. The normalized spacial score (nSPS) is 18.5. The van der Waals surface area contributed by atoms with Gasteiger partial charge in [0.2, 0.25) is 0 Å². The van der Waals surface area contributed by atoms with Gasteiger partial charge >= 0.3 is 0 Å². The van der Waals surface area contributed by atoms with Gasteiger partial charge in [-0.05, 0) is 31.2 Å². The van der Waals surface area contributed by atoms with Crippen molar-refractivity contribution < 1.29 is 4.74 Å². The van der Waals surface area contributed by atoms with Crippen molar-refractivity contribution in [3.05, 3.63) is 23.8 Å². The Hall–Kier alpha value is -0.780. The lowest BCUT2D eigenvalue weighted by molar-refractivity contribution is 0.116. The second-order valence-electron chi connectivity index (χ2n) is 4.73. The van der Waals surface area contributed by atoms with Crippen LogP contribution in [-0.2, 0) is 4.74 Å². The number of thioether (sulfide) groups is 1. The van der Waals surface area contributed by atoms with E-state index in [2.05, 4.69) is 30.1 Å². The maximum absolute atomic E-state index is 5.90. The molecule has 0 aliphatic carbocycles.